The Balaban J connectivity index is 4.01. The van der Waals surface area contributed by atoms with Crippen LogP contribution in [0.25, 0.3) is 0 Å². The molecule has 0 spiro atoms. The van der Waals surface area contributed by atoms with Crippen molar-refractivity contribution in [2.24, 2.45) is 0 Å². The van der Waals surface area contributed by atoms with Crippen molar-refractivity contribution in [1.82, 2.24) is 0 Å². The lowest BCUT2D eigenvalue weighted by molar-refractivity contribution is -0.156. The normalized spacial score (nSPS) is 12.4. The lowest BCUT2D eigenvalue weighted by atomic mass is 10.1. The summed E-state index contributed by atoms with van der Waals surface area (Å²) >= 11 is 0. The van der Waals surface area contributed by atoms with E-state index in [-0.39, 0.29) is 18.0 Å². The lowest BCUT2D eigenvalue weighted by Crippen LogP contribution is -2.26. The molecule has 4 heteroatoms. The third-order valence-corrected chi connectivity index (χ3v) is 2.38. The second-order valence-corrected chi connectivity index (χ2v) is 4.32. The Kier molecular flexibility index (Phi) is 5.78. The quantitative estimate of drug-likeness (QED) is 0.560. The zero-order valence-corrected chi connectivity index (χ0v) is 10.4. The number of aliphatic carboxylic acids is 1. The highest BCUT2D eigenvalue weighted by atomic mass is 16.6. The molecule has 92 valence electrons. The van der Waals surface area contributed by atoms with Gasteiger partial charge in [0.05, 0.1) is 0 Å². The minimum atomic E-state index is -0.956. The van der Waals surface area contributed by atoms with Crippen LogP contribution >= 0.6 is 0 Å². The maximum absolute atomic E-state index is 11.4. The predicted octanol–water partition coefficient (Wildman–Crippen LogP) is 2.53. The zero-order valence-electron chi connectivity index (χ0n) is 10.4. The van der Waals surface area contributed by atoms with E-state index in [9.17, 15) is 9.59 Å². The van der Waals surface area contributed by atoms with Gasteiger partial charge in [0.25, 0.3) is 0 Å². The first-order chi connectivity index (χ1) is 7.28. The van der Waals surface area contributed by atoms with Crippen molar-refractivity contribution in [2.75, 3.05) is 0 Å². The fraction of sp³-hybridized carbons (Fsp3) is 0.667. The van der Waals surface area contributed by atoms with Gasteiger partial charge in [0.2, 0.25) is 0 Å². The molecule has 1 N–H and O–H groups in total. The van der Waals surface area contributed by atoms with Crippen molar-refractivity contribution in [3.63, 3.8) is 0 Å². The molecule has 0 aromatic rings. The van der Waals surface area contributed by atoms with Crippen LogP contribution in [-0.2, 0) is 14.3 Å². The van der Waals surface area contributed by atoms with Crippen LogP contribution in [-0.4, -0.2) is 22.6 Å². The first-order valence-electron chi connectivity index (χ1n) is 5.40. The van der Waals surface area contributed by atoms with E-state index in [4.69, 9.17) is 9.84 Å². The first-order valence-corrected chi connectivity index (χ1v) is 5.40. The molecule has 0 aliphatic rings. The van der Waals surface area contributed by atoms with Crippen molar-refractivity contribution in [3.8, 4) is 0 Å². The van der Waals surface area contributed by atoms with Crippen molar-refractivity contribution in [2.45, 2.75) is 52.6 Å². The van der Waals surface area contributed by atoms with Crippen LogP contribution in [0.3, 0.4) is 0 Å². The van der Waals surface area contributed by atoms with Gasteiger partial charge in [0.15, 0.2) is 0 Å². The summed E-state index contributed by atoms with van der Waals surface area (Å²) in [4.78, 5) is 21.8. The number of carboxylic acids is 1. The van der Waals surface area contributed by atoms with Crippen molar-refractivity contribution in [3.05, 3.63) is 11.6 Å². The van der Waals surface area contributed by atoms with Gasteiger partial charge in [-0.3, -0.25) is 4.79 Å². The number of hydrogen-bond donors (Lipinski definition) is 1. The number of carbonyl (C=O) groups excluding carboxylic acids is 1. The minimum absolute atomic E-state index is 0.216. The molecule has 0 unspecified atom stereocenters. The molecular formula is C12H20O4. The highest BCUT2D eigenvalue weighted by molar-refractivity contribution is 5.85. The average molecular weight is 228 g/mol. The van der Waals surface area contributed by atoms with E-state index in [1.54, 1.807) is 0 Å². The number of allylic oxidation sites excluding steroid dienone is 1. The maximum atomic E-state index is 11.4. The molecule has 0 fully saturated rings. The number of carboxylic acid groups (broad SMARTS) is 1. The summed E-state index contributed by atoms with van der Waals surface area (Å²) in [6.07, 6.45) is 2.90. The Bertz CT molecular complexity index is 289. The molecule has 16 heavy (non-hydrogen) atoms. The van der Waals surface area contributed by atoms with Gasteiger partial charge in [-0.2, -0.15) is 0 Å². The number of ether oxygens (including phenoxy) is 1. The molecule has 0 rings (SSSR count). The minimum Gasteiger partial charge on any atom is -0.478 e. The summed E-state index contributed by atoms with van der Waals surface area (Å²) in [7, 11) is 0. The van der Waals surface area contributed by atoms with Gasteiger partial charge in [-0.1, -0.05) is 13.0 Å². The van der Waals surface area contributed by atoms with E-state index >= 15 is 0 Å². The Morgan fingerprint density at radius 1 is 1.38 bits per heavy atom. The molecule has 0 radical (unpaired) electrons. The van der Waals surface area contributed by atoms with E-state index in [1.165, 1.54) is 13.0 Å². The van der Waals surface area contributed by atoms with Crippen molar-refractivity contribution < 1.29 is 19.4 Å². The molecule has 4 nitrogen and oxygen atoms in total. The average Bonchev–Trinajstić information content (AvgIpc) is 2.16. The van der Waals surface area contributed by atoms with Gasteiger partial charge in [-0.15, -0.1) is 0 Å². The van der Waals surface area contributed by atoms with E-state index in [0.717, 1.165) is 6.42 Å². The van der Waals surface area contributed by atoms with Crippen LogP contribution in [0.2, 0.25) is 0 Å². The smallest absolute Gasteiger partial charge is 0.330 e. The van der Waals surface area contributed by atoms with Gasteiger partial charge >= 0.3 is 11.9 Å². The van der Waals surface area contributed by atoms with E-state index < -0.39 is 11.6 Å². The van der Waals surface area contributed by atoms with Crippen LogP contribution in [0, 0.1) is 0 Å². The number of carbonyl (C=O) groups is 2. The predicted molar refractivity (Wildman–Crippen MR) is 61.1 cm³/mol. The first kappa shape index (κ1) is 14.7. The molecule has 0 saturated carbocycles. The Morgan fingerprint density at radius 2 is 1.94 bits per heavy atom. The van der Waals surface area contributed by atoms with Gasteiger partial charge in [0, 0.05) is 12.0 Å². The molecule has 0 heterocycles. The summed E-state index contributed by atoms with van der Waals surface area (Å²) in [5.74, 6) is -1.25. The standard InChI is InChI=1S/C12H20O4/c1-5-12(3,4)16-10(13)8-6-7-9(2)11(14)15/h7H,5-6,8H2,1-4H3,(H,14,15). The molecular weight excluding hydrogens is 208 g/mol. The van der Waals surface area contributed by atoms with E-state index in [0.29, 0.717) is 6.42 Å². The third-order valence-electron chi connectivity index (χ3n) is 2.38. The van der Waals surface area contributed by atoms with E-state index in [1.807, 2.05) is 20.8 Å². The highest BCUT2D eigenvalue weighted by Crippen LogP contribution is 2.15. The monoisotopic (exact) mass is 228 g/mol. The SMILES string of the molecule is CCC(C)(C)OC(=O)CCC=C(C)C(=O)O. The van der Waals surface area contributed by atoms with Crippen LogP contribution in [0.4, 0.5) is 0 Å². The van der Waals surface area contributed by atoms with Crippen LogP contribution in [0.1, 0.15) is 47.0 Å². The fourth-order valence-electron chi connectivity index (χ4n) is 0.925. The largest absolute Gasteiger partial charge is 0.478 e. The summed E-state index contributed by atoms with van der Waals surface area (Å²) in [5, 5.41) is 8.59. The van der Waals surface area contributed by atoms with Gasteiger partial charge in [0.1, 0.15) is 5.60 Å². The second-order valence-electron chi connectivity index (χ2n) is 4.32. The molecule has 0 aliphatic carbocycles. The van der Waals surface area contributed by atoms with Crippen molar-refractivity contribution >= 4 is 11.9 Å². The molecule has 0 aromatic carbocycles. The summed E-state index contributed by atoms with van der Waals surface area (Å²) in [5.41, 5.74) is -0.189. The summed E-state index contributed by atoms with van der Waals surface area (Å²) < 4.78 is 5.21. The molecule has 0 aromatic heterocycles. The molecule has 0 saturated heterocycles. The van der Waals surface area contributed by atoms with Crippen molar-refractivity contribution in [1.29, 1.82) is 0 Å². The maximum Gasteiger partial charge on any atom is 0.330 e. The fourth-order valence-corrected chi connectivity index (χ4v) is 0.925. The van der Waals surface area contributed by atoms with Crippen LogP contribution in [0.15, 0.2) is 11.6 Å². The Labute approximate surface area is 96.3 Å². The van der Waals surface area contributed by atoms with Crippen LogP contribution < -0.4 is 0 Å². The van der Waals surface area contributed by atoms with Gasteiger partial charge < -0.3 is 9.84 Å². The molecule has 0 amide bonds. The molecule has 0 aliphatic heterocycles. The second kappa shape index (κ2) is 6.30. The highest BCUT2D eigenvalue weighted by Gasteiger charge is 2.19. The van der Waals surface area contributed by atoms with Crippen LogP contribution in [0.5, 0.6) is 0 Å². The summed E-state index contributed by atoms with van der Waals surface area (Å²) in [6, 6.07) is 0. The Morgan fingerprint density at radius 3 is 2.38 bits per heavy atom. The van der Waals surface area contributed by atoms with Gasteiger partial charge in [-0.05, 0) is 33.6 Å². The van der Waals surface area contributed by atoms with Gasteiger partial charge in [-0.25, -0.2) is 4.79 Å². The number of rotatable bonds is 6. The number of esters is 1. The Hall–Kier alpha value is -1.32. The molecule has 0 atom stereocenters. The third kappa shape index (κ3) is 6.22. The zero-order chi connectivity index (χ0) is 12.8. The topological polar surface area (TPSA) is 63.6 Å². The molecule has 0 bridgehead atoms. The summed E-state index contributed by atoms with van der Waals surface area (Å²) in [6.45, 7) is 7.15. The van der Waals surface area contributed by atoms with E-state index in [2.05, 4.69) is 0 Å². The number of hydrogen-bond acceptors (Lipinski definition) is 3. The lowest BCUT2D eigenvalue weighted by Gasteiger charge is -2.23.